The average molecular weight is 261 g/mol. The molecule has 0 spiro atoms. The van der Waals surface area contributed by atoms with Gasteiger partial charge < -0.3 is 10.6 Å². The van der Waals surface area contributed by atoms with Gasteiger partial charge in [-0.05, 0) is 36.1 Å². The predicted octanol–water partition coefficient (Wildman–Crippen LogP) is 2.63. The van der Waals surface area contributed by atoms with E-state index in [9.17, 15) is 4.79 Å². The molecule has 94 valence electrons. The molecule has 18 heavy (non-hydrogen) atoms. The molecule has 0 atom stereocenters. The number of pyridine rings is 1. The first-order chi connectivity index (χ1) is 8.79. The molecule has 4 nitrogen and oxygen atoms in total. The molecule has 0 bridgehead atoms. The zero-order valence-electron chi connectivity index (χ0n) is 10.1. The van der Waals surface area contributed by atoms with Crippen molar-refractivity contribution in [3.05, 3.63) is 41.4 Å². The molecule has 0 aromatic carbocycles. The highest BCUT2D eigenvalue weighted by molar-refractivity contribution is 7.13. The average Bonchev–Trinajstić information content (AvgIpc) is 2.91. The predicted molar refractivity (Wildman–Crippen MR) is 73.5 cm³/mol. The molecule has 2 amide bonds. The molecular formula is C13H15N3OS. The summed E-state index contributed by atoms with van der Waals surface area (Å²) in [5.74, 6) is 0. The maximum absolute atomic E-state index is 11.3. The molecule has 0 saturated carbocycles. The minimum absolute atomic E-state index is 0.146. The van der Waals surface area contributed by atoms with Crippen LogP contribution >= 0.6 is 11.3 Å². The molecule has 0 aliphatic heterocycles. The fourth-order valence-electron chi connectivity index (χ4n) is 1.55. The molecule has 2 aromatic heterocycles. The lowest BCUT2D eigenvalue weighted by Gasteiger charge is -2.06. The van der Waals surface area contributed by atoms with E-state index in [-0.39, 0.29) is 6.03 Å². The first-order valence-corrected chi connectivity index (χ1v) is 6.68. The van der Waals surface area contributed by atoms with Crippen LogP contribution in [0.2, 0.25) is 0 Å². The van der Waals surface area contributed by atoms with E-state index in [1.165, 1.54) is 0 Å². The Labute approximate surface area is 110 Å². The van der Waals surface area contributed by atoms with Gasteiger partial charge in [0.05, 0.1) is 10.6 Å². The van der Waals surface area contributed by atoms with Gasteiger partial charge in [0.25, 0.3) is 0 Å². The van der Waals surface area contributed by atoms with Crippen molar-refractivity contribution in [2.45, 2.75) is 13.5 Å². The van der Waals surface area contributed by atoms with Crippen molar-refractivity contribution in [1.82, 2.24) is 15.6 Å². The van der Waals surface area contributed by atoms with Crippen molar-refractivity contribution in [2.24, 2.45) is 0 Å². The van der Waals surface area contributed by atoms with E-state index in [1.807, 2.05) is 36.6 Å². The van der Waals surface area contributed by atoms with Crippen molar-refractivity contribution in [2.75, 3.05) is 6.54 Å². The van der Waals surface area contributed by atoms with Gasteiger partial charge in [-0.2, -0.15) is 0 Å². The summed E-state index contributed by atoms with van der Waals surface area (Å²) in [5.41, 5.74) is 1.99. The van der Waals surface area contributed by atoms with E-state index in [0.717, 1.165) is 16.1 Å². The molecule has 0 saturated heterocycles. The van der Waals surface area contributed by atoms with Gasteiger partial charge in [0.15, 0.2) is 0 Å². The van der Waals surface area contributed by atoms with Crippen LogP contribution in [0, 0.1) is 0 Å². The Kier molecular flexibility index (Phi) is 4.30. The molecule has 0 fully saturated rings. The Balaban J connectivity index is 2.02. The molecule has 2 aromatic rings. The maximum atomic E-state index is 11.3. The van der Waals surface area contributed by atoms with Gasteiger partial charge in [-0.3, -0.25) is 4.98 Å². The van der Waals surface area contributed by atoms with Crippen molar-refractivity contribution < 1.29 is 4.79 Å². The van der Waals surface area contributed by atoms with E-state index in [4.69, 9.17) is 0 Å². The molecule has 0 aliphatic rings. The lowest BCUT2D eigenvalue weighted by Crippen LogP contribution is -2.34. The van der Waals surface area contributed by atoms with Crippen LogP contribution in [0.3, 0.4) is 0 Å². The van der Waals surface area contributed by atoms with Crippen LogP contribution in [-0.2, 0) is 6.54 Å². The number of rotatable bonds is 4. The lowest BCUT2D eigenvalue weighted by molar-refractivity contribution is 0.241. The Morgan fingerprint density at radius 1 is 1.39 bits per heavy atom. The summed E-state index contributed by atoms with van der Waals surface area (Å²) in [4.78, 5) is 16.8. The Morgan fingerprint density at radius 3 is 3.00 bits per heavy atom. The number of carbonyl (C=O) groups is 1. The van der Waals surface area contributed by atoms with E-state index in [0.29, 0.717) is 13.1 Å². The lowest BCUT2D eigenvalue weighted by atomic mass is 10.2. The van der Waals surface area contributed by atoms with Crippen LogP contribution in [0.5, 0.6) is 0 Å². The van der Waals surface area contributed by atoms with E-state index in [1.54, 1.807) is 17.5 Å². The highest BCUT2D eigenvalue weighted by atomic mass is 32.1. The highest BCUT2D eigenvalue weighted by Crippen LogP contribution is 2.22. The minimum atomic E-state index is -0.146. The summed E-state index contributed by atoms with van der Waals surface area (Å²) in [6.45, 7) is 3.02. The topological polar surface area (TPSA) is 54.0 Å². The van der Waals surface area contributed by atoms with Crippen LogP contribution in [-0.4, -0.2) is 17.6 Å². The minimum Gasteiger partial charge on any atom is -0.338 e. The van der Waals surface area contributed by atoms with Crippen molar-refractivity contribution in [3.8, 4) is 10.6 Å². The van der Waals surface area contributed by atoms with Crippen LogP contribution in [0.1, 0.15) is 12.5 Å². The number of nitrogens with one attached hydrogen (secondary N) is 2. The number of carbonyl (C=O) groups excluding carboxylic acids is 1. The molecule has 5 heteroatoms. The van der Waals surface area contributed by atoms with E-state index >= 15 is 0 Å². The van der Waals surface area contributed by atoms with Crippen molar-refractivity contribution in [3.63, 3.8) is 0 Å². The van der Waals surface area contributed by atoms with Gasteiger partial charge in [-0.1, -0.05) is 6.07 Å². The molecule has 2 N–H and O–H groups in total. The Bertz CT molecular complexity index is 511. The number of thiophene rings is 1. The van der Waals surface area contributed by atoms with Crippen LogP contribution < -0.4 is 10.6 Å². The zero-order valence-corrected chi connectivity index (χ0v) is 11.0. The summed E-state index contributed by atoms with van der Waals surface area (Å²) < 4.78 is 0. The number of aromatic nitrogens is 1. The van der Waals surface area contributed by atoms with Gasteiger partial charge in [-0.15, -0.1) is 11.3 Å². The third-order valence-corrected chi connectivity index (χ3v) is 3.28. The fourth-order valence-corrected chi connectivity index (χ4v) is 2.24. The molecule has 0 radical (unpaired) electrons. The van der Waals surface area contributed by atoms with E-state index in [2.05, 4.69) is 15.6 Å². The molecule has 0 aliphatic carbocycles. The number of nitrogens with zero attached hydrogens (tertiary/aromatic N) is 1. The smallest absolute Gasteiger partial charge is 0.315 e. The van der Waals surface area contributed by atoms with Crippen LogP contribution in [0.4, 0.5) is 4.79 Å². The summed E-state index contributed by atoms with van der Waals surface area (Å²) in [5, 5.41) is 7.52. The second-order valence-electron chi connectivity index (χ2n) is 3.74. The van der Waals surface area contributed by atoms with Gasteiger partial charge in [-0.25, -0.2) is 4.79 Å². The number of hydrogen-bond donors (Lipinski definition) is 2. The van der Waals surface area contributed by atoms with Crippen LogP contribution in [0.25, 0.3) is 10.6 Å². The van der Waals surface area contributed by atoms with Crippen molar-refractivity contribution >= 4 is 17.4 Å². The number of hydrogen-bond acceptors (Lipinski definition) is 3. The Morgan fingerprint density at radius 2 is 2.28 bits per heavy atom. The quantitative estimate of drug-likeness (QED) is 0.889. The summed E-state index contributed by atoms with van der Waals surface area (Å²) in [6, 6.07) is 7.79. The first-order valence-electron chi connectivity index (χ1n) is 5.80. The number of urea groups is 1. The third kappa shape index (κ3) is 3.30. The van der Waals surface area contributed by atoms with Gasteiger partial charge in [0.2, 0.25) is 0 Å². The molecule has 2 rings (SSSR count). The maximum Gasteiger partial charge on any atom is 0.315 e. The van der Waals surface area contributed by atoms with Gasteiger partial charge in [0, 0.05) is 19.3 Å². The van der Waals surface area contributed by atoms with E-state index < -0.39 is 0 Å². The normalized spacial score (nSPS) is 10.1. The van der Waals surface area contributed by atoms with Gasteiger partial charge >= 0.3 is 6.03 Å². The SMILES string of the molecule is CCNC(=O)NCc1ccnc(-c2cccs2)c1. The summed E-state index contributed by atoms with van der Waals surface area (Å²) >= 11 is 1.66. The zero-order chi connectivity index (χ0) is 12.8. The highest BCUT2D eigenvalue weighted by Gasteiger charge is 2.03. The first kappa shape index (κ1) is 12.6. The third-order valence-electron chi connectivity index (χ3n) is 2.39. The molecular weight excluding hydrogens is 246 g/mol. The summed E-state index contributed by atoms with van der Waals surface area (Å²) in [7, 11) is 0. The molecule has 0 unspecified atom stereocenters. The standard InChI is InChI=1S/C13H15N3OS/c1-2-14-13(17)16-9-10-5-6-15-11(8-10)12-4-3-7-18-12/h3-8H,2,9H2,1H3,(H2,14,16,17). The van der Waals surface area contributed by atoms with Crippen LogP contribution in [0.15, 0.2) is 35.8 Å². The largest absolute Gasteiger partial charge is 0.338 e. The van der Waals surface area contributed by atoms with Gasteiger partial charge in [0.1, 0.15) is 0 Å². The monoisotopic (exact) mass is 261 g/mol. The fraction of sp³-hybridized carbons (Fsp3) is 0.231. The number of amides is 2. The second kappa shape index (κ2) is 6.16. The summed E-state index contributed by atoms with van der Waals surface area (Å²) in [6.07, 6.45) is 1.77. The Hall–Kier alpha value is -1.88. The second-order valence-corrected chi connectivity index (χ2v) is 4.69. The molecule has 2 heterocycles. The van der Waals surface area contributed by atoms with Crippen molar-refractivity contribution in [1.29, 1.82) is 0 Å².